The molecule has 0 spiro atoms. The molecule has 3 heterocycles. The summed E-state index contributed by atoms with van der Waals surface area (Å²) >= 11 is 7.05. The number of aryl methyl sites for hydroxylation is 1. The maximum atomic E-state index is 12.8. The normalized spacial score (nSPS) is 15.3. The zero-order valence-corrected chi connectivity index (χ0v) is 19.9. The molecule has 2 aromatic heterocycles. The number of nitrogens with zero attached hydrogens (tertiary/aromatic N) is 2. The summed E-state index contributed by atoms with van der Waals surface area (Å²) in [5, 5.41) is 2.77. The van der Waals surface area contributed by atoms with E-state index >= 15 is 0 Å². The molecule has 3 aromatic rings. The molecule has 4 rings (SSSR count). The predicted molar refractivity (Wildman–Crippen MR) is 131 cm³/mol. The number of anilines is 1. The van der Waals surface area contributed by atoms with Gasteiger partial charge in [-0.25, -0.2) is 4.79 Å². The van der Waals surface area contributed by atoms with E-state index in [2.05, 4.69) is 5.32 Å². The Labute approximate surface area is 204 Å². The quantitative estimate of drug-likeness (QED) is 0.489. The molecule has 2 amide bonds. The first-order chi connectivity index (χ1) is 16.4. The van der Waals surface area contributed by atoms with Crippen LogP contribution in [0, 0.1) is 6.92 Å². The van der Waals surface area contributed by atoms with Gasteiger partial charge in [-0.3, -0.25) is 19.1 Å². The number of amides is 2. The fraction of sp³-hybridized carbons (Fsp3) is 0.261. The van der Waals surface area contributed by atoms with E-state index in [1.165, 1.54) is 20.8 Å². The molecule has 1 atom stereocenters. The van der Waals surface area contributed by atoms with E-state index in [4.69, 9.17) is 26.8 Å². The van der Waals surface area contributed by atoms with Crippen LogP contribution in [-0.2, 0) is 4.74 Å². The van der Waals surface area contributed by atoms with Gasteiger partial charge in [-0.05, 0) is 55.0 Å². The largest absolute Gasteiger partial charge is 0.487 e. The average molecular weight is 503 g/mol. The van der Waals surface area contributed by atoms with E-state index in [1.54, 1.807) is 42.6 Å². The number of benzene rings is 1. The van der Waals surface area contributed by atoms with Gasteiger partial charge in [0.1, 0.15) is 12.7 Å². The van der Waals surface area contributed by atoms with E-state index in [9.17, 15) is 14.4 Å². The molecule has 1 aliphatic heterocycles. The number of halogens is 1. The number of pyridine rings is 1. The number of carbonyl (C=O) groups excluding carboxylic acids is 2. The van der Waals surface area contributed by atoms with E-state index in [-0.39, 0.29) is 36.9 Å². The lowest BCUT2D eigenvalue weighted by Gasteiger charge is -2.17. The summed E-state index contributed by atoms with van der Waals surface area (Å²) in [6.07, 6.45) is 0.661. The van der Waals surface area contributed by atoms with Crippen LogP contribution >= 0.6 is 22.9 Å². The molecule has 11 heteroatoms. The van der Waals surface area contributed by atoms with E-state index in [0.29, 0.717) is 27.1 Å². The SMILES string of the molecule is Cc1cc(N2CC(CNC(=O)c3ccc(Cl)s3)OC2=O)ccc1-n1cccc(OCCN)c1=O. The second-order valence-electron chi connectivity index (χ2n) is 7.59. The molecule has 1 unspecified atom stereocenters. The van der Waals surface area contributed by atoms with Crippen molar-refractivity contribution < 1.29 is 19.1 Å². The minimum atomic E-state index is -0.500. The Balaban J connectivity index is 1.45. The predicted octanol–water partition coefficient (Wildman–Crippen LogP) is 2.95. The van der Waals surface area contributed by atoms with Crippen LogP contribution in [0.25, 0.3) is 5.69 Å². The van der Waals surface area contributed by atoms with Gasteiger partial charge in [0.05, 0.1) is 28.0 Å². The van der Waals surface area contributed by atoms with Gasteiger partial charge in [-0.2, -0.15) is 0 Å². The van der Waals surface area contributed by atoms with Gasteiger partial charge >= 0.3 is 6.09 Å². The standard InChI is InChI=1S/C23H23ClN4O5S/c1-14-11-15(4-5-17(14)27-9-2-3-18(22(27)30)32-10-8-25)28-13-16(33-23(28)31)12-26-21(29)19-6-7-20(24)34-19/h2-7,9,11,16H,8,10,12-13,25H2,1H3,(H,26,29). The summed E-state index contributed by atoms with van der Waals surface area (Å²) in [7, 11) is 0. The van der Waals surface area contributed by atoms with Crippen LogP contribution in [-0.4, -0.2) is 48.9 Å². The van der Waals surface area contributed by atoms with Crippen LogP contribution in [0.2, 0.25) is 4.34 Å². The van der Waals surface area contributed by atoms with Crippen molar-refractivity contribution in [3.63, 3.8) is 0 Å². The van der Waals surface area contributed by atoms with Crippen molar-refractivity contribution in [1.29, 1.82) is 0 Å². The summed E-state index contributed by atoms with van der Waals surface area (Å²) in [6, 6.07) is 11.9. The van der Waals surface area contributed by atoms with Gasteiger partial charge < -0.3 is 20.5 Å². The Kier molecular flexibility index (Phi) is 7.20. The lowest BCUT2D eigenvalue weighted by atomic mass is 10.1. The summed E-state index contributed by atoms with van der Waals surface area (Å²) < 4.78 is 12.9. The van der Waals surface area contributed by atoms with Crippen molar-refractivity contribution >= 4 is 40.6 Å². The lowest BCUT2D eigenvalue weighted by Crippen LogP contribution is -2.34. The molecule has 9 nitrogen and oxygen atoms in total. The molecule has 178 valence electrons. The number of nitrogens with one attached hydrogen (secondary N) is 1. The van der Waals surface area contributed by atoms with Crippen molar-refractivity contribution in [2.24, 2.45) is 5.73 Å². The lowest BCUT2D eigenvalue weighted by molar-refractivity contribution is 0.0920. The van der Waals surface area contributed by atoms with Gasteiger partial charge in [-0.15, -0.1) is 11.3 Å². The third kappa shape index (κ3) is 5.09. The number of ether oxygens (including phenoxy) is 2. The summed E-state index contributed by atoms with van der Waals surface area (Å²) in [4.78, 5) is 39.4. The second kappa shape index (κ2) is 10.3. The first-order valence-corrected chi connectivity index (χ1v) is 11.7. The third-order valence-electron chi connectivity index (χ3n) is 5.20. The second-order valence-corrected chi connectivity index (χ2v) is 9.30. The molecule has 0 bridgehead atoms. The number of hydrogen-bond acceptors (Lipinski definition) is 7. The maximum Gasteiger partial charge on any atom is 0.414 e. The zero-order valence-electron chi connectivity index (χ0n) is 18.3. The zero-order chi connectivity index (χ0) is 24.2. The number of rotatable bonds is 8. The topological polar surface area (TPSA) is 116 Å². The fourth-order valence-corrected chi connectivity index (χ4v) is 4.55. The number of carbonyl (C=O) groups is 2. The van der Waals surface area contributed by atoms with E-state index < -0.39 is 12.2 Å². The van der Waals surface area contributed by atoms with Crippen molar-refractivity contribution in [2.45, 2.75) is 13.0 Å². The minimum Gasteiger partial charge on any atom is -0.487 e. The molecule has 0 aliphatic carbocycles. The van der Waals surface area contributed by atoms with Gasteiger partial charge in [0.25, 0.3) is 11.5 Å². The molecular weight excluding hydrogens is 480 g/mol. The number of aromatic nitrogens is 1. The molecule has 3 N–H and O–H groups in total. The third-order valence-corrected chi connectivity index (χ3v) is 6.43. The average Bonchev–Trinajstić information content (AvgIpc) is 3.42. The molecule has 0 saturated carbocycles. The Bertz CT molecular complexity index is 1270. The Hall–Kier alpha value is -3.34. The molecular formula is C23H23ClN4O5S. The van der Waals surface area contributed by atoms with Crippen LogP contribution < -0.4 is 26.2 Å². The molecule has 1 aliphatic rings. The number of hydrogen-bond donors (Lipinski definition) is 2. The highest BCUT2D eigenvalue weighted by molar-refractivity contribution is 7.18. The molecule has 1 fully saturated rings. The summed E-state index contributed by atoms with van der Waals surface area (Å²) in [6.45, 7) is 2.87. The van der Waals surface area contributed by atoms with Crippen LogP contribution in [0.15, 0.2) is 53.5 Å². The van der Waals surface area contributed by atoms with Crippen LogP contribution in [0.4, 0.5) is 10.5 Å². The van der Waals surface area contributed by atoms with Crippen molar-refractivity contribution in [3.05, 3.63) is 73.8 Å². The Morgan fingerprint density at radius 3 is 2.82 bits per heavy atom. The Morgan fingerprint density at radius 1 is 1.29 bits per heavy atom. The maximum absolute atomic E-state index is 12.8. The van der Waals surface area contributed by atoms with Gasteiger partial charge in [0.15, 0.2) is 5.75 Å². The minimum absolute atomic E-state index is 0.179. The van der Waals surface area contributed by atoms with Crippen molar-refractivity contribution in [2.75, 3.05) is 31.1 Å². The fourth-order valence-electron chi connectivity index (χ4n) is 3.59. The highest BCUT2D eigenvalue weighted by Gasteiger charge is 2.33. The van der Waals surface area contributed by atoms with Crippen LogP contribution in [0.1, 0.15) is 15.2 Å². The number of nitrogens with two attached hydrogens (primary N) is 1. The van der Waals surface area contributed by atoms with Crippen LogP contribution in [0.5, 0.6) is 5.75 Å². The van der Waals surface area contributed by atoms with Gasteiger partial charge in [-0.1, -0.05) is 11.6 Å². The van der Waals surface area contributed by atoms with Gasteiger partial charge in [0.2, 0.25) is 0 Å². The van der Waals surface area contributed by atoms with Gasteiger partial charge in [0, 0.05) is 18.4 Å². The number of thiophene rings is 1. The highest BCUT2D eigenvalue weighted by Crippen LogP contribution is 2.26. The highest BCUT2D eigenvalue weighted by atomic mass is 35.5. The molecule has 0 radical (unpaired) electrons. The summed E-state index contributed by atoms with van der Waals surface area (Å²) in [5.41, 5.74) is 7.25. The molecule has 1 saturated heterocycles. The monoisotopic (exact) mass is 502 g/mol. The first kappa shape index (κ1) is 23.8. The van der Waals surface area contributed by atoms with Crippen LogP contribution in [0.3, 0.4) is 0 Å². The number of cyclic esters (lactones) is 1. The Morgan fingerprint density at radius 2 is 2.12 bits per heavy atom. The van der Waals surface area contributed by atoms with E-state index in [1.807, 2.05) is 13.0 Å². The van der Waals surface area contributed by atoms with Crippen molar-refractivity contribution in [3.8, 4) is 11.4 Å². The first-order valence-electron chi connectivity index (χ1n) is 10.5. The van der Waals surface area contributed by atoms with E-state index in [0.717, 1.165) is 5.56 Å². The smallest absolute Gasteiger partial charge is 0.414 e. The molecule has 34 heavy (non-hydrogen) atoms. The molecule has 1 aromatic carbocycles. The van der Waals surface area contributed by atoms with Crippen molar-refractivity contribution in [1.82, 2.24) is 9.88 Å². The summed E-state index contributed by atoms with van der Waals surface area (Å²) in [5.74, 6) is -0.0519.